The third kappa shape index (κ3) is 2.82. The van der Waals surface area contributed by atoms with Gasteiger partial charge in [0, 0.05) is 11.6 Å². The van der Waals surface area contributed by atoms with Crippen LogP contribution in [0, 0.1) is 0 Å². The number of hydrogen-bond donors (Lipinski definition) is 0. The normalized spacial score (nSPS) is 11.4. The molecule has 4 aromatic rings. The molecule has 0 bridgehead atoms. The summed E-state index contributed by atoms with van der Waals surface area (Å²) >= 11 is 0. The molecule has 0 atom stereocenters. The van der Waals surface area contributed by atoms with Gasteiger partial charge in [-0.05, 0) is 30.5 Å². The van der Waals surface area contributed by atoms with Gasteiger partial charge < -0.3 is 4.74 Å². The monoisotopic (exact) mass is 344 g/mol. The third-order valence-corrected chi connectivity index (χ3v) is 3.99. The molecule has 6 nitrogen and oxygen atoms in total. The Morgan fingerprint density at radius 3 is 2.73 bits per heavy atom. The molecule has 4 rings (SSSR count). The predicted octanol–water partition coefficient (Wildman–Crippen LogP) is 5.08. The van der Waals surface area contributed by atoms with Gasteiger partial charge in [0.05, 0.1) is 12.3 Å². The lowest BCUT2D eigenvalue weighted by molar-refractivity contribution is 0.0521. The lowest BCUT2D eigenvalue weighted by Crippen LogP contribution is -2.05. The molecule has 0 amide bonds. The van der Waals surface area contributed by atoms with Crippen LogP contribution in [-0.2, 0) is 4.74 Å². The standard InChI is InChI=1S/C20H16N4O2/c1-2-26-20(25)18-19(24-13-6-5-12-17(24)21-18)23-22-16-11-7-9-14-8-3-4-10-15(14)16/h3-13H,2H2,1H3. The Bertz CT molecular complexity index is 1130. The van der Waals surface area contributed by atoms with Crippen LogP contribution in [0.1, 0.15) is 17.4 Å². The fraction of sp³-hybridized carbons (Fsp3) is 0.100. The minimum absolute atomic E-state index is 0.155. The SMILES string of the molecule is CCOC(=O)c1nc2ccccn2c1N=Nc1cccc2ccccc12. The van der Waals surface area contributed by atoms with Crippen molar-refractivity contribution in [2.75, 3.05) is 6.61 Å². The number of pyridine rings is 1. The number of nitrogens with zero attached hydrogens (tertiary/aromatic N) is 4. The van der Waals surface area contributed by atoms with Crippen LogP contribution in [0.3, 0.4) is 0 Å². The van der Waals surface area contributed by atoms with Gasteiger partial charge in [0.25, 0.3) is 0 Å². The molecule has 0 aliphatic rings. The predicted molar refractivity (Wildman–Crippen MR) is 99.3 cm³/mol. The Morgan fingerprint density at radius 2 is 1.85 bits per heavy atom. The second kappa shape index (κ2) is 6.76. The maximum Gasteiger partial charge on any atom is 0.360 e. The van der Waals surface area contributed by atoms with E-state index in [2.05, 4.69) is 15.2 Å². The number of azo groups is 1. The van der Waals surface area contributed by atoms with Crippen molar-refractivity contribution in [3.8, 4) is 0 Å². The first-order chi connectivity index (χ1) is 12.8. The molecule has 6 heteroatoms. The number of carbonyl (C=O) groups excluding carboxylic acids is 1. The molecule has 0 aliphatic heterocycles. The van der Waals surface area contributed by atoms with Gasteiger partial charge in [-0.2, -0.15) is 0 Å². The van der Waals surface area contributed by atoms with E-state index < -0.39 is 5.97 Å². The fourth-order valence-corrected chi connectivity index (χ4v) is 2.81. The maximum atomic E-state index is 12.3. The highest BCUT2D eigenvalue weighted by atomic mass is 16.5. The van der Waals surface area contributed by atoms with Gasteiger partial charge in [0.1, 0.15) is 5.65 Å². The number of ether oxygens (including phenoxy) is 1. The van der Waals surface area contributed by atoms with E-state index in [-0.39, 0.29) is 12.3 Å². The molecule has 0 fully saturated rings. The number of carbonyl (C=O) groups is 1. The molecule has 0 unspecified atom stereocenters. The van der Waals surface area contributed by atoms with Crippen LogP contribution in [-0.4, -0.2) is 22.0 Å². The van der Waals surface area contributed by atoms with Crippen LogP contribution < -0.4 is 0 Å². The molecule has 26 heavy (non-hydrogen) atoms. The number of rotatable bonds is 4. The molecule has 2 heterocycles. The molecule has 0 spiro atoms. The van der Waals surface area contributed by atoms with Crippen LogP contribution >= 0.6 is 0 Å². The Morgan fingerprint density at radius 1 is 1.04 bits per heavy atom. The van der Waals surface area contributed by atoms with Gasteiger partial charge in [-0.15, -0.1) is 10.2 Å². The van der Waals surface area contributed by atoms with Crippen LogP contribution in [0.2, 0.25) is 0 Å². The largest absolute Gasteiger partial charge is 0.461 e. The zero-order chi connectivity index (χ0) is 17.9. The van der Waals surface area contributed by atoms with Crippen LogP contribution in [0.5, 0.6) is 0 Å². The Balaban J connectivity index is 1.84. The number of fused-ring (bicyclic) bond motifs is 2. The summed E-state index contributed by atoms with van der Waals surface area (Å²) in [5, 5.41) is 10.8. The summed E-state index contributed by atoms with van der Waals surface area (Å²) < 4.78 is 6.83. The number of hydrogen-bond acceptors (Lipinski definition) is 5. The minimum atomic E-state index is -0.511. The molecule has 0 N–H and O–H groups in total. The highest BCUT2D eigenvalue weighted by Crippen LogP contribution is 2.29. The number of esters is 1. The van der Waals surface area contributed by atoms with E-state index in [4.69, 9.17) is 4.74 Å². The minimum Gasteiger partial charge on any atom is -0.461 e. The Kier molecular flexibility index (Phi) is 4.15. The molecule has 2 aromatic heterocycles. The Labute approximate surface area is 149 Å². The van der Waals surface area contributed by atoms with Gasteiger partial charge in [0.15, 0.2) is 11.5 Å². The van der Waals surface area contributed by atoms with Gasteiger partial charge in [-0.3, -0.25) is 4.40 Å². The molecule has 128 valence electrons. The summed E-state index contributed by atoms with van der Waals surface area (Å²) in [4.78, 5) is 16.6. The van der Waals surface area contributed by atoms with E-state index in [0.29, 0.717) is 11.5 Å². The second-order valence-corrected chi connectivity index (χ2v) is 5.63. The van der Waals surface area contributed by atoms with Gasteiger partial charge in [-0.1, -0.05) is 42.5 Å². The van der Waals surface area contributed by atoms with E-state index in [1.54, 1.807) is 23.6 Å². The highest BCUT2D eigenvalue weighted by Gasteiger charge is 2.20. The Hall–Kier alpha value is -3.54. The summed E-state index contributed by atoms with van der Waals surface area (Å²) in [6.07, 6.45) is 1.79. The molecule has 0 saturated heterocycles. The zero-order valence-corrected chi connectivity index (χ0v) is 14.2. The van der Waals surface area contributed by atoms with Crippen LogP contribution in [0.15, 0.2) is 77.1 Å². The van der Waals surface area contributed by atoms with Crippen molar-refractivity contribution in [2.24, 2.45) is 10.2 Å². The first-order valence-corrected chi connectivity index (χ1v) is 8.31. The van der Waals surface area contributed by atoms with E-state index in [0.717, 1.165) is 16.5 Å². The quantitative estimate of drug-likeness (QED) is 0.383. The smallest absolute Gasteiger partial charge is 0.360 e. The van der Waals surface area contributed by atoms with E-state index in [9.17, 15) is 4.79 Å². The van der Waals surface area contributed by atoms with Crippen molar-refractivity contribution in [3.05, 3.63) is 72.6 Å². The van der Waals surface area contributed by atoms with Crippen molar-refractivity contribution in [1.82, 2.24) is 9.38 Å². The maximum absolute atomic E-state index is 12.3. The van der Waals surface area contributed by atoms with Crippen LogP contribution in [0.25, 0.3) is 16.4 Å². The number of imidazole rings is 1. The van der Waals surface area contributed by atoms with E-state index in [1.165, 1.54) is 0 Å². The summed E-state index contributed by atoms with van der Waals surface area (Å²) in [5.41, 5.74) is 1.49. The molecule has 0 aliphatic carbocycles. The summed E-state index contributed by atoms with van der Waals surface area (Å²) in [6, 6.07) is 19.3. The molecular formula is C20H16N4O2. The first kappa shape index (κ1) is 16.0. The lowest BCUT2D eigenvalue weighted by Gasteiger charge is -2.01. The zero-order valence-electron chi connectivity index (χ0n) is 14.2. The third-order valence-electron chi connectivity index (χ3n) is 3.99. The van der Waals surface area contributed by atoms with E-state index in [1.807, 2.05) is 54.6 Å². The fourth-order valence-electron chi connectivity index (χ4n) is 2.81. The van der Waals surface area contributed by atoms with Crippen molar-refractivity contribution in [1.29, 1.82) is 0 Å². The average Bonchev–Trinajstić information content (AvgIpc) is 3.05. The van der Waals surface area contributed by atoms with E-state index >= 15 is 0 Å². The summed E-state index contributed by atoms with van der Waals surface area (Å²) in [5.74, 6) is -0.157. The van der Waals surface area contributed by atoms with Crippen molar-refractivity contribution in [3.63, 3.8) is 0 Å². The highest BCUT2D eigenvalue weighted by molar-refractivity contribution is 5.94. The van der Waals surface area contributed by atoms with Gasteiger partial charge in [-0.25, -0.2) is 9.78 Å². The molecule has 2 aromatic carbocycles. The molecule has 0 radical (unpaired) electrons. The average molecular weight is 344 g/mol. The summed E-state index contributed by atoms with van der Waals surface area (Å²) in [6.45, 7) is 2.03. The van der Waals surface area contributed by atoms with Crippen molar-refractivity contribution in [2.45, 2.75) is 6.92 Å². The topological polar surface area (TPSA) is 68.3 Å². The van der Waals surface area contributed by atoms with Gasteiger partial charge in [0.2, 0.25) is 0 Å². The number of benzene rings is 2. The molecular weight excluding hydrogens is 328 g/mol. The van der Waals surface area contributed by atoms with Crippen molar-refractivity contribution >= 4 is 33.9 Å². The van der Waals surface area contributed by atoms with Gasteiger partial charge >= 0.3 is 5.97 Å². The van der Waals surface area contributed by atoms with Crippen LogP contribution in [0.4, 0.5) is 11.5 Å². The lowest BCUT2D eigenvalue weighted by atomic mass is 10.1. The first-order valence-electron chi connectivity index (χ1n) is 8.31. The van der Waals surface area contributed by atoms with Crippen molar-refractivity contribution < 1.29 is 9.53 Å². The number of aromatic nitrogens is 2. The summed E-state index contributed by atoms with van der Waals surface area (Å²) in [7, 11) is 0. The molecule has 0 saturated carbocycles. The second-order valence-electron chi connectivity index (χ2n) is 5.63.